The van der Waals surface area contributed by atoms with Crippen molar-refractivity contribution in [2.45, 2.75) is 6.18 Å². The van der Waals surface area contributed by atoms with Crippen molar-refractivity contribution in [3.63, 3.8) is 0 Å². The molecule has 0 bridgehead atoms. The lowest BCUT2D eigenvalue weighted by molar-refractivity contribution is -0.137. The Hall–Kier alpha value is -2.15. The third-order valence-corrected chi connectivity index (χ3v) is 3.22. The number of rotatable bonds is 3. The molecule has 0 unspecified atom stereocenters. The zero-order valence-electron chi connectivity index (χ0n) is 11.1. The highest BCUT2D eigenvalue weighted by molar-refractivity contribution is 9.10. The minimum Gasteiger partial charge on any atom is -0.267 e. The van der Waals surface area contributed by atoms with Crippen molar-refractivity contribution in [1.29, 1.82) is 0 Å². The number of benzene rings is 2. The van der Waals surface area contributed by atoms with E-state index in [9.17, 15) is 18.0 Å². The van der Waals surface area contributed by atoms with Gasteiger partial charge in [-0.2, -0.15) is 18.3 Å². The normalized spacial score (nSPS) is 11.6. The first-order chi connectivity index (χ1) is 10.4. The Labute approximate surface area is 133 Å². The highest BCUT2D eigenvalue weighted by atomic mass is 79.9. The molecule has 0 fully saturated rings. The maximum atomic E-state index is 12.8. The summed E-state index contributed by atoms with van der Waals surface area (Å²) in [6.45, 7) is 0. The summed E-state index contributed by atoms with van der Waals surface area (Å²) in [6, 6.07) is 11.6. The third-order valence-electron chi connectivity index (χ3n) is 2.72. The number of halogens is 4. The Kier molecular flexibility index (Phi) is 4.97. The Morgan fingerprint density at radius 3 is 2.55 bits per heavy atom. The molecule has 0 atom stereocenters. The zero-order valence-corrected chi connectivity index (χ0v) is 12.6. The van der Waals surface area contributed by atoms with Crippen molar-refractivity contribution in [1.82, 2.24) is 5.43 Å². The SMILES string of the molecule is O=C(N/N=C/c1ccccc1C(F)(F)F)c1cccc(Br)c1. The van der Waals surface area contributed by atoms with Crippen molar-refractivity contribution in [3.05, 3.63) is 69.7 Å². The molecule has 0 saturated carbocycles. The molecule has 7 heteroatoms. The molecule has 2 aromatic rings. The van der Waals surface area contributed by atoms with Gasteiger partial charge in [0.25, 0.3) is 5.91 Å². The van der Waals surface area contributed by atoms with E-state index < -0.39 is 17.6 Å². The topological polar surface area (TPSA) is 41.5 Å². The van der Waals surface area contributed by atoms with Crippen molar-refractivity contribution in [2.24, 2.45) is 5.10 Å². The van der Waals surface area contributed by atoms with E-state index in [1.807, 2.05) is 0 Å². The number of hydrazone groups is 1. The first kappa shape index (κ1) is 16.2. The number of nitrogens with zero attached hydrogens (tertiary/aromatic N) is 1. The second kappa shape index (κ2) is 6.74. The van der Waals surface area contributed by atoms with Crippen LogP contribution in [0.5, 0.6) is 0 Å². The maximum absolute atomic E-state index is 12.8. The molecule has 1 N–H and O–H groups in total. The van der Waals surface area contributed by atoms with E-state index in [1.54, 1.807) is 24.3 Å². The lowest BCUT2D eigenvalue weighted by Gasteiger charge is -2.09. The predicted molar refractivity (Wildman–Crippen MR) is 80.6 cm³/mol. The first-order valence-corrected chi connectivity index (χ1v) is 6.92. The van der Waals surface area contributed by atoms with Gasteiger partial charge in [0.1, 0.15) is 0 Å². The highest BCUT2D eigenvalue weighted by Crippen LogP contribution is 2.31. The van der Waals surface area contributed by atoms with Crippen LogP contribution in [0.3, 0.4) is 0 Å². The van der Waals surface area contributed by atoms with Crippen molar-refractivity contribution < 1.29 is 18.0 Å². The minimum atomic E-state index is -4.48. The Bertz CT molecular complexity index is 714. The van der Waals surface area contributed by atoms with Gasteiger partial charge >= 0.3 is 6.18 Å². The van der Waals surface area contributed by atoms with Crippen molar-refractivity contribution in [2.75, 3.05) is 0 Å². The smallest absolute Gasteiger partial charge is 0.267 e. The average Bonchev–Trinajstić information content (AvgIpc) is 2.46. The Balaban J connectivity index is 2.12. The van der Waals surface area contributed by atoms with Crippen LogP contribution < -0.4 is 5.43 Å². The summed E-state index contributed by atoms with van der Waals surface area (Å²) in [4.78, 5) is 11.8. The molecular weight excluding hydrogens is 361 g/mol. The van der Waals surface area contributed by atoms with E-state index in [2.05, 4.69) is 26.5 Å². The van der Waals surface area contributed by atoms with E-state index in [0.29, 0.717) is 10.0 Å². The summed E-state index contributed by atoms with van der Waals surface area (Å²) in [5, 5.41) is 3.58. The van der Waals surface area contributed by atoms with E-state index in [-0.39, 0.29) is 5.56 Å². The Morgan fingerprint density at radius 1 is 1.14 bits per heavy atom. The number of hydrogen-bond acceptors (Lipinski definition) is 2. The molecule has 2 aromatic carbocycles. The van der Waals surface area contributed by atoms with Gasteiger partial charge in [0, 0.05) is 15.6 Å². The molecule has 0 aromatic heterocycles. The molecule has 2 rings (SSSR count). The van der Waals surface area contributed by atoms with Gasteiger partial charge < -0.3 is 0 Å². The second-order valence-corrected chi connectivity index (χ2v) is 5.21. The molecule has 3 nitrogen and oxygen atoms in total. The molecular formula is C15H10BrF3N2O. The van der Waals surface area contributed by atoms with Crippen LogP contribution in [0.1, 0.15) is 21.5 Å². The molecule has 0 aliphatic rings. The number of amides is 1. The fourth-order valence-electron chi connectivity index (χ4n) is 1.72. The summed E-state index contributed by atoms with van der Waals surface area (Å²) < 4.78 is 39.1. The largest absolute Gasteiger partial charge is 0.417 e. The zero-order chi connectivity index (χ0) is 16.2. The van der Waals surface area contributed by atoms with Crippen LogP contribution in [0.15, 0.2) is 58.1 Å². The Morgan fingerprint density at radius 2 is 1.86 bits per heavy atom. The highest BCUT2D eigenvalue weighted by Gasteiger charge is 2.32. The molecule has 0 spiro atoms. The van der Waals surface area contributed by atoms with Crippen LogP contribution in [-0.4, -0.2) is 12.1 Å². The standard InChI is InChI=1S/C15H10BrF3N2O/c16-12-6-3-5-10(8-12)14(22)21-20-9-11-4-1-2-7-13(11)15(17,18)19/h1-9H,(H,21,22)/b20-9+. The van der Waals surface area contributed by atoms with E-state index in [1.165, 1.54) is 18.2 Å². The van der Waals surface area contributed by atoms with Gasteiger partial charge in [-0.25, -0.2) is 5.43 Å². The van der Waals surface area contributed by atoms with Gasteiger partial charge in [-0.1, -0.05) is 40.2 Å². The van der Waals surface area contributed by atoms with Crippen LogP contribution in [-0.2, 0) is 6.18 Å². The van der Waals surface area contributed by atoms with Crippen molar-refractivity contribution >= 4 is 28.1 Å². The van der Waals surface area contributed by atoms with Crippen molar-refractivity contribution in [3.8, 4) is 0 Å². The monoisotopic (exact) mass is 370 g/mol. The number of nitrogens with one attached hydrogen (secondary N) is 1. The fraction of sp³-hybridized carbons (Fsp3) is 0.0667. The molecule has 0 aliphatic heterocycles. The summed E-state index contributed by atoms with van der Waals surface area (Å²) in [6.07, 6.45) is -3.50. The number of carbonyl (C=O) groups excluding carboxylic acids is 1. The molecule has 0 radical (unpaired) electrons. The molecule has 114 valence electrons. The third kappa shape index (κ3) is 4.17. The van der Waals surface area contributed by atoms with Gasteiger partial charge in [0.05, 0.1) is 11.8 Å². The average molecular weight is 371 g/mol. The lowest BCUT2D eigenvalue weighted by Crippen LogP contribution is -2.18. The molecule has 0 aliphatic carbocycles. The van der Waals surface area contributed by atoms with Gasteiger partial charge in [0.15, 0.2) is 0 Å². The van der Waals surface area contributed by atoms with Gasteiger partial charge in [0.2, 0.25) is 0 Å². The predicted octanol–water partition coefficient (Wildman–Crippen LogP) is 4.23. The van der Waals surface area contributed by atoms with Crippen LogP contribution in [0.25, 0.3) is 0 Å². The van der Waals surface area contributed by atoms with Crippen LogP contribution in [0.4, 0.5) is 13.2 Å². The van der Waals surface area contributed by atoms with Gasteiger partial charge in [-0.3, -0.25) is 4.79 Å². The van der Waals surface area contributed by atoms with Crippen LogP contribution in [0, 0.1) is 0 Å². The summed E-state index contributed by atoms with van der Waals surface area (Å²) >= 11 is 3.22. The lowest BCUT2D eigenvalue weighted by atomic mass is 10.1. The maximum Gasteiger partial charge on any atom is 0.417 e. The van der Waals surface area contributed by atoms with Gasteiger partial charge in [-0.15, -0.1) is 0 Å². The van der Waals surface area contributed by atoms with E-state index in [4.69, 9.17) is 0 Å². The molecule has 1 amide bonds. The van der Waals surface area contributed by atoms with E-state index in [0.717, 1.165) is 12.3 Å². The summed E-state index contributed by atoms with van der Waals surface area (Å²) in [5.74, 6) is -0.512. The van der Waals surface area contributed by atoms with E-state index >= 15 is 0 Å². The second-order valence-electron chi connectivity index (χ2n) is 4.29. The molecule has 22 heavy (non-hydrogen) atoms. The number of carbonyl (C=O) groups is 1. The van der Waals surface area contributed by atoms with Gasteiger partial charge in [-0.05, 0) is 24.3 Å². The first-order valence-electron chi connectivity index (χ1n) is 6.13. The summed E-state index contributed by atoms with van der Waals surface area (Å²) in [7, 11) is 0. The number of alkyl halides is 3. The molecule has 0 saturated heterocycles. The van der Waals surface area contributed by atoms with Crippen LogP contribution in [0.2, 0.25) is 0 Å². The quantitative estimate of drug-likeness (QED) is 0.637. The molecule has 0 heterocycles. The van der Waals surface area contributed by atoms with Crippen LogP contribution >= 0.6 is 15.9 Å². The summed E-state index contributed by atoms with van der Waals surface area (Å²) in [5.41, 5.74) is 1.61. The number of hydrogen-bond donors (Lipinski definition) is 1. The minimum absolute atomic E-state index is 0.121. The fourth-order valence-corrected chi connectivity index (χ4v) is 2.12.